The maximum atomic E-state index is 9.87. The van der Waals surface area contributed by atoms with Crippen LogP contribution in [0.25, 0.3) is 55.4 Å². The van der Waals surface area contributed by atoms with E-state index in [4.69, 9.17) is 4.42 Å². The second kappa shape index (κ2) is 13.2. The molecule has 0 aliphatic heterocycles. The Labute approximate surface area is 272 Å². The quantitative estimate of drug-likeness (QED) is 0.169. The fourth-order valence-electron chi connectivity index (χ4n) is 5.07. The van der Waals surface area contributed by atoms with Crippen LogP contribution in [-0.4, -0.2) is 4.98 Å². The van der Waals surface area contributed by atoms with Gasteiger partial charge in [-0.25, -0.2) is 5.56 Å². The van der Waals surface area contributed by atoms with Crippen LogP contribution in [-0.2, 0) is 25.5 Å². The number of hydrogen-bond donors (Lipinski definition) is 0. The zero-order chi connectivity index (χ0) is 29.8. The van der Waals surface area contributed by atoms with Crippen molar-refractivity contribution in [1.82, 2.24) is 4.98 Å². The van der Waals surface area contributed by atoms with Crippen molar-refractivity contribution in [2.75, 3.05) is 0 Å². The Morgan fingerprint density at radius 2 is 1.36 bits per heavy atom. The maximum Gasteiger partial charge on any atom is 3.00 e. The van der Waals surface area contributed by atoms with E-state index in [0.29, 0.717) is 11.1 Å². The molecule has 214 valence electrons. The number of pyridine rings is 1. The molecule has 0 N–H and O–H groups in total. The van der Waals surface area contributed by atoms with Crippen molar-refractivity contribution in [3.8, 4) is 39.6 Å². The van der Waals surface area contributed by atoms with Crippen molar-refractivity contribution in [2.45, 2.75) is 26.2 Å². The number of aromatic nitrogens is 1. The molecule has 0 aliphatic rings. The van der Waals surface area contributed by atoms with Crippen LogP contribution in [0, 0.1) is 29.5 Å². The van der Waals surface area contributed by atoms with E-state index in [1.807, 2.05) is 109 Å². The molecule has 0 saturated heterocycles. The molecule has 0 saturated carbocycles. The minimum atomic E-state index is 0. The number of rotatable bonds is 3. The Kier molecular flexibility index (Phi) is 9.21. The molecular formula is C40H29IrN2O. The normalized spacial score (nSPS) is 10.9. The summed E-state index contributed by atoms with van der Waals surface area (Å²) < 4.78 is 6.25. The summed E-state index contributed by atoms with van der Waals surface area (Å²) in [6.07, 6.45) is 1.95. The third-order valence-corrected chi connectivity index (χ3v) is 7.39. The van der Waals surface area contributed by atoms with Crippen LogP contribution in [0.15, 0.2) is 126 Å². The summed E-state index contributed by atoms with van der Waals surface area (Å²) in [5, 5.41) is 11.8. The van der Waals surface area contributed by atoms with E-state index in [0.717, 1.165) is 49.9 Å². The first-order chi connectivity index (χ1) is 20.9. The van der Waals surface area contributed by atoms with Gasteiger partial charge in [0, 0.05) is 22.7 Å². The van der Waals surface area contributed by atoms with Crippen molar-refractivity contribution < 1.29 is 24.5 Å². The van der Waals surface area contributed by atoms with Gasteiger partial charge in [0.05, 0.1) is 0 Å². The Bertz CT molecular complexity index is 2040. The predicted molar refractivity (Wildman–Crippen MR) is 174 cm³/mol. The van der Waals surface area contributed by atoms with Crippen LogP contribution in [0.2, 0.25) is 0 Å². The molecular weight excluding hydrogens is 717 g/mol. The number of nitriles is 1. The molecule has 0 aliphatic carbocycles. The van der Waals surface area contributed by atoms with Gasteiger partial charge in [-0.05, 0) is 22.2 Å². The minimum Gasteiger partial charge on any atom is -0.509 e. The molecule has 0 amide bonds. The monoisotopic (exact) mass is 746 g/mol. The molecule has 4 heteroatoms. The average Bonchev–Trinajstić information content (AvgIpc) is 3.44. The summed E-state index contributed by atoms with van der Waals surface area (Å²) in [5.41, 5.74) is 9.00. The van der Waals surface area contributed by atoms with E-state index in [1.54, 1.807) is 0 Å². The standard InChI is InChI=1S/C25H13NO.C15H16N.Ir/c26-16-23-19(17-8-3-1-4-9-17)14-15-22-21-13-7-12-20(24(21)27-25(22)23)18-10-5-2-6-11-18;1-15(2,3)13-9-10-14(16-11-13)12-7-5-4-6-8-12;/h1-10,13-15H;4-7,9-11H,1-3H3;/q-2;-1;+3. The van der Waals surface area contributed by atoms with Crippen molar-refractivity contribution >= 4 is 21.9 Å². The van der Waals surface area contributed by atoms with Gasteiger partial charge < -0.3 is 9.40 Å². The molecule has 0 spiro atoms. The number of furan rings is 1. The van der Waals surface area contributed by atoms with Crippen molar-refractivity contribution in [2.24, 2.45) is 0 Å². The van der Waals surface area contributed by atoms with Crippen LogP contribution in [0.5, 0.6) is 0 Å². The molecule has 7 aromatic rings. The van der Waals surface area contributed by atoms with Gasteiger partial charge in [0.1, 0.15) is 17.2 Å². The first-order valence-electron chi connectivity index (χ1n) is 14.2. The summed E-state index contributed by atoms with van der Waals surface area (Å²) in [7, 11) is 0. The first-order valence-corrected chi connectivity index (χ1v) is 14.2. The number of fused-ring (bicyclic) bond motifs is 3. The Hall–Kier alpha value is -4.81. The van der Waals surface area contributed by atoms with E-state index < -0.39 is 0 Å². The average molecular weight is 746 g/mol. The third kappa shape index (κ3) is 6.26. The zero-order valence-corrected chi connectivity index (χ0v) is 27.1. The molecule has 2 aromatic heterocycles. The molecule has 0 bridgehead atoms. The zero-order valence-electron chi connectivity index (χ0n) is 24.7. The van der Waals surface area contributed by atoms with Crippen LogP contribution in [0.3, 0.4) is 0 Å². The molecule has 44 heavy (non-hydrogen) atoms. The molecule has 5 aromatic carbocycles. The third-order valence-electron chi connectivity index (χ3n) is 7.39. The topological polar surface area (TPSA) is 49.8 Å². The van der Waals surface area contributed by atoms with Crippen LogP contribution < -0.4 is 0 Å². The number of benzene rings is 5. The molecule has 0 fully saturated rings. The van der Waals surface area contributed by atoms with E-state index in [1.165, 1.54) is 5.56 Å². The van der Waals surface area contributed by atoms with Crippen molar-refractivity contribution in [3.05, 3.63) is 151 Å². The fraction of sp³-hybridized carbons (Fsp3) is 0.100. The van der Waals surface area contributed by atoms with E-state index in [9.17, 15) is 5.26 Å². The molecule has 0 radical (unpaired) electrons. The number of nitrogens with zero attached hydrogens (tertiary/aromatic N) is 2. The number of hydrogen-bond acceptors (Lipinski definition) is 3. The summed E-state index contributed by atoms with van der Waals surface area (Å²) in [4.78, 5) is 4.48. The Balaban J connectivity index is 0.000000194. The molecule has 3 nitrogen and oxygen atoms in total. The van der Waals surface area contributed by atoms with Gasteiger partial charge in [-0.15, -0.1) is 48.0 Å². The molecule has 2 heterocycles. The van der Waals surface area contributed by atoms with Gasteiger partial charge in [-0.2, -0.15) is 47.2 Å². The van der Waals surface area contributed by atoms with Gasteiger partial charge in [-0.3, -0.25) is 0 Å². The predicted octanol–water partition coefficient (Wildman–Crippen LogP) is 10.2. The minimum absolute atomic E-state index is 0. The van der Waals surface area contributed by atoms with E-state index >= 15 is 0 Å². The first kappa shape index (κ1) is 30.6. The maximum absolute atomic E-state index is 9.87. The van der Waals surface area contributed by atoms with E-state index in [2.05, 4.69) is 62.2 Å². The van der Waals surface area contributed by atoms with Crippen LogP contribution in [0.4, 0.5) is 0 Å². The molecule has 7 rings (SSSR count). The second-order valence-corrected chi connectivity index (χ2v) is 11.3. The van der Waals surface area contributed by atoms with Crippen molar-refractivity contribution in [3.63, 3.8) is 0 Å². The van der Waals surface area contributed by atoms with Crippen LogP contribution in [0.1, 0.15) is 31.9 Å². The Morgan fingerprint density at radius 3 is 1.98 bits per heavy atom. The summed E-state index contributed by atoms with van der Waals surface area (Å²) in [6.45, 7) is 6.58. The fourth-order valence-corrected chi connectivity index (χ4v) is 5.07. The van der Waals surface area contributed by atoms with Gasteiger partial charge >= 0.3 is 20.1 Å². The van der Waals surface area contributed by atoms with Gasteiger partial charge in [-0.1, -0.05) is 80.8 Å². The Morgan fingerprint density at radius 1 is 0.682 bits per heavy atom. The summed E-state index contributed by atoms with van der Waals surface area (Å²) >= 11 is 0. The smallest absolute Gasteiger partial charge is 0.509 e. The van der Waals surface area contributed by atoms with Gasteiger partial charge in [0.15, 0.2) is 0 Å². The SMILES string of the molecule is CC(C)(C)c1ccc(-c2[c-]cccc2)nc1.N#Cc1c(-c2ccccc2)ccc2c1oc1c(-c3[c-]cccc3)[c-]ccc12.[Ir+3]. The second-order valence-electron chi connectivity index (χ2n) is 11.3. The molecule has 0 atom stereocenters. The van der Waals surface area contributed by atoms with E-state index in [-0.39, 0.29) is 25.5 Å². The van der Waals surface area contributed by atoms with Gasteiger partial charge in [0.2, 0.25) is 0 Å². The van der Waals surface area contributed by atoms with Crippen molar-refractivity contribution in [1.29, 1.82) is 5.26 Å². The summed E-state index contributed by atoms with van der Waals surface area (Å²) in [5.74, 6) is 0. The summed E-state index contributed by atoms with van der Waals surface area (Å²) in [6, 6.07) is 49.7. The van der Waals surface area contributed by atoms with Crippen LogP contribution >= 0.6 is 0 Å². The molecule has 0 unspecified atom stereocenters. The van der Waals surface area contributed by atoms with Gasteiger partial charge in [0.25, 0.3) is 0 Å². The largest absolute Gasteiger partial charge is 3.00 e.